The van der Waals surface area contributed by atoms with Crippen LogP contribution in [-0.4, -0.2) is 16.9 Å². The maximum atomic E-state index is 12.1. The maximum absolute atomic E-state index is 12.1. The van der Waals surface area contributed by atoms with Gasteiger partial charge in [0.25, 0.3) is 0 Å². The van der Waals surface area contributed by atoms with Crippen LogP contribution in [0.1, 0.15) is 31.2 Å². The summed E-state index contributed by atoms with van der Waals surface area (Å²) in [6.07, 6.45) is 5.32. The minimum absolute atomic E-state index is 0.0884. The molecule has 98 valence electrons. The van der Waals surface area contributed by atoms with Crippen molar-refractivity contribution in [3.63, 3.8) is 0 Å². The zero-order valence-electron chi connectivity index (χ0n) is 10.4. The number of carbonyl (C=O) groups excluding carboxylic acids is 1. The van der Waals surface area contributed by atoms with Gasteiger partial charge in [0.15, 0.2) is 0 Å². The number of carbonyl (C=O) groups is 1. The SMILES string of the molecule is Cc1cc(NC(=O)C2CCC(N)CC2)cnc1Br. The van der Waals surface area contributed by atoms with Crippen molar-refractivity contribution in [1.29, 1.82) is 0 Å². The molecule has 1 saturated carbocycles. The Balaban J connectivity index is 1.96. The molecule has 0 aromatic carbocycles. The lowest BCUT2D eigenvalue weighted by atomic mass is 9.86. The molecule has 1 aromatic rings. The molecular weight excluding hydrogens is 294 g/mol. The molecule has 0 radical (unpaired) electrons. The topological polar surface area (TPSA) is 68.0 Å². The molecule has 1 aromatic heterocycles. The Morgan fingerprint density at radius 3 is 2.72 bits per heavy atom. The highest BCUT2D eigenvalue weighted by atomic mass is 79.9. The number of pyridine rings is 1. The molecule has 1 fully saturated rings. The minimum Gasteiger partial charge on any atom is -0.328 e. The van der Waals surface area contributed by atoms with Crippen molar-refractivity contribution in [1.82, 2.24) is 4.98 Å². The molecule has 0 unspecified atom stereocenters. The molecule has 0 spiro atoms. The molecular formula is C13H18BrN3O. The Hall–Kier alpha value is -0.940. The van der Waals surface area contributed by atoms with Gasteiger partial charge in [0, 0.05) is 12.0 Å². The molecule has 1 heterocycles. The molecule has 1 aliphatic rings. The fourth-order valence-electron chi connectivity index (χ4n) is 2.25. The first-order valence-corrected chi connectivity index (χ1v) is 7.04. The van der Waals surface area contributed by atoms with Crippen molar-refractivity contribution in [2.45, 2.75) is 38.6 Å². The lowest BCUT2D eigenvalue weighted by Gasteiger charge is -2.25. The Bertz CT molecular complexity index is 442. The van der Waals surface area contributed by atoms with Gasteiger partial charge >= 0.3 is 0 Å². The van der Waals surface area contributed by atoms with Crippen molar-refractivity contribution < 1.29 is 4.79 Å². The van der Waals surface area contributed by atoms with Crippen molar-refractivity contribution in [3.05, 3.63) is 22.4 Å². The van der Waals surface area contributed by atoms with E-state index in [1.165, 1.54) is 0 Å². The van der Waals surface area contributed by atoms with Crippen LogP contribution in [0.4, 0.5) is 5.69 Å². The minimum atomic E-state index is 0.0884. The highest BCUT2D eigenvalue weighted by Crippen LogP contribution is 2.25. The van der Waals surface area contributed by atoms with Crippen LogP contribution in [-0.2, 0) is 4.79 Å². The molecule has 4 nitrogen and oxygen atoms in total. The molecule has 1 aliphatic carbocycles. The second-order valence-electron chi connectivity index (χ2n) is 4.93. The molecule has 5 heteroatoms. The van der Waals surface area contributed by atoms with Gasteiger partial charge in [-0.2, -0.15) is 0 Å². The van der Waals surface area contributed by atoms with Gasteiger partial charge in [-0.3, -0.25) is 4.79 Å². The molecule has 2 rings (SSSR count). The highest BCUT2D eigenvalue weighted by Gasteiger charge is 2.24. The summed E-state index contributed by atoms with van der Waals surface area (Å²) in [7, 11) is 0. The fourth-order valence-corrected chi connectivity index (χ4v) is 2.47. The van der Waals surface area contributed by atoms with E-state index in [0.717, 1.165) is 41.5 Å². The van der Waals surface area contributed by atoms with Crippen LogP contribution in [0, 0.1) is 12.8 Å². The monoisotopic (exact) mass is 311 g/mol. The van der Waals surface area contributed by atoms with Gasteiger partial charge in [-0.05, 0) is 60.2 Å². The lowest BCUT2D eigenvalue weighted by molar-refractivity contribution is -0.120. The summed E-state index contributed by atoms with van der Waals surface area (Å²) in [5.41, 5.74) is 7.61. The Labute approximate surface area is 115 Å². The van der Waals surface area contributed by atoms with Crippen molar-refractivity contribution in [2.75, 3.05) is 5.32 Å². The molecule has 18 heavy (non-hydrogen) atoms. The van der Waals surface area contributed by atoms with Gasteiger partial charge in [0.05, 0.1) is 11.9 Å². The van der Waals surface area contributed by atoms with Gasteiger partial charge in [0.2, 0.25) is 5.91 Å². The molecule has 0 aliphatic heterocycles. The molecule has 0 bridgehead atoms. The number of aromatic nitrogens is 1. The van der Waals surface area contributed by atoms with Crippen molar-refractivity contribution >= 4 is 27.5 Å². The Kier molecular flexibility index (Phi) is 4.35. The number of aryl methyl sites for hydroxylation is 1. The highest BCUT2D eigenvalue weighted by molar-refractivity contribution is 9.10. The first-order chi connectivity index (χ1) is 8.56. The van der Waals surface area contributed by atoms with E-state index in [9.17, 15) is 4.79 Å². The largest absolute Gasteiger partial charge is 0.328 e. The van der Waals surface area contributed by atoms with E-state index < -0.39 is 0 Å². The van der Waals surface area contributed by atoms with Crippen LogP contribution in [0.3, 0.4) is 0 Å². The predicted octanol–water partition coefficient (Wildman–Crippen LogP) is 2.61. The Morgan fingerprint density at radius 2 is 2.11 bits per heavy atom. The molecule has 0 saturated heterocycles. The summed E-state index contributed by atoms with van der Waals surface area (Å²) in [6.45, 7) is 1.95. The normalized spacial score (nSPS) is 23.7. The summed E-state index contributed by atoms with van der Waals surface area (Å²) in [4.78, 5) is 16.2. The van der Waals surface area contributed by atoms with Crippen molar-refractivity contribution in [2.24, 2.45) is 11.7 Å². The van der Waals surface area contributed by atoms with E-state index in [4.69, 9.17) is 5.73 Å². The van der Waals surface area contributed by atoms with E-state index >= 15 is 0 Å². The third-order valence-corrected chi connectivity index (χ3v) is 4.25. The molecule has 0 atom stereocenters. The number of halogens is 1. The first kappa shape index (κ1) is 13.5. The number of hydrogen-bond acceptors (Lipinski definition) is 3. The predicted molar refractivity (Wildman–Crippen MR) is 75.2 cm³/mol. The smallest absolute Gasteiger partial charge is 0.227 e. The number of hydrogen-bond donors (Lipinski definition) is 2. The van der Waals surface area contributed by atoms with Crippen molar-refractivity contribution in [3.8, 4) is 0 Å². The number of anilines is 1. The van der Waals surface area contributed by atoms with E-state index in [1.807, 2.05) is 13.0 Å². The van der Waals surface area contributed by atoms with Crippen LogP contribution < -0.4 is 11.1 Å². The zero-order valence-corrected chi connectivity index (χ0v) is 12.0. The van der Waals surface area contributed by atoms with Crippen LogP contribution in [0.25, 0.3) is 0 Å². The summed E-state index contributed by atoms with van der Waals surface area (Å²) in [6, 6.07) is 2.19. The number of amides is 1. The summed E-state index contributed by atoms with van der Waals surface area (Å²) >= 11 is 3.34. The summed E-state index contributed by atoms with van der Waals surface area (Å²) in [5.74, 6) is 0.180. The van der Waals surface area contributed by atoms with Crippen LogP contribution in [0.2, 0.25) is 0 Å². The van der Waals surface area contributed by atoms with E-state index in [0.29, 0.717) is 0 Å². The number of nitrogens with one attached hydrogen (secondary N) is 1. The average Bonchev–Trinajstić information content (AvgIpc) is 2.34. The number of nitrogens with zero attached hydrogens (tertiary/aromatic N) is 1. The standard InChI is InChI=1S/C13H18BrN3O/c1-8-6-11(7-16-12(8)14)17-13(18)9-2-4-10(15)5-3-9/h6-7,9-10H,2-5,15H2,1H3,(H,17,18). The maximum Gasteiger partial charge on any atom is 0.227 e. The summed E-state index contributed by atoms with van der Waals surface area (Å²) in [5, 5.41) is 2.93. The van der Waals surface area contributed by atoms with Crippen LogP contribution >= 0.6 is 15.9 Å². The van der Waals surface area contributed by atoms with E-state index in [1.54, 1.807) is 6.20 Å². The third-order valence-electron chi connectivity index (χ3n) is 3.42. The van der Waals surface area contributed by atoms with Gasteiger partial charge in [-0.15, -0.1) is 0 Å². The van der Waals surface area contributed by atoms with Crippen LogP contribution in [0.15, 0.2) is 16.9 Å². The second-order valence-corrected chi connectivity index (χ2v) is 5.68. The van der Waals surface area contributed by atoms with E-state index in [2.05, 4.69) is 26.2 Å². The molecule has 3 N–H and O–H groups in total. The van der Waals surface area contributed by atoms with Gasteiger partial charge in [-0.1, -0.05) is 0 Å². The quantitative estimate of drug-likeness (QED) is 0.825. The second kappa shape index (κ2) is 5.80. The lowest BCUT2D eigenvalue weighted by Crippen LogP contribution is -2.32. The number of rotatable bonds is 2. The van der Waals surface area contributed by atoms with Crippen LogP contribution in [0.5, 0.6) is 0 Å². The Morgan fingerprint density at radius 1 is 1.44 bits per heavy atom. The van der Waals surface area contributed by atoms with Gasteiger partial charge in [-0.25, -0.2) is 4.98 Å². The van der Waals surface area contributed by atoms with Gasteiger partial charge < -0.3 is 11.1 Å². The first-order valence-electron chi connectivity index (χ1n) is 6.25. The fraction of sp³-hybridized carbons (Fsp3) is 0.538. The van der Waals surface area contributed by atoms with Gasteiger partial charge in [0.1, 0.15) is 4.60 Å². The van der Waals surface area contributed by atoms with E-state index in [-0.39, 0.29) is 17.9 Å². The third kappa shape index (κ3) is 3.29. The molecule has 1 amide bonds. The average molecular weight is 312 g/mol. The summed E-state index contributed by atoms with van der Waals surface area (Å²) < 4.78 is 0.809. The number of nitrogens with two attached hydrogens (primary N) is 1. The zero-order chi connectivity index (χ0) is 13.1.